The fourth-order valence-electron chi connectivity index (χ4n) is 4.51. The molecule has 0 atom stereocenters. The van der Waals surface area contributed by atoms with Crippen LogP contribution >= 0.6 is 0 Å². The maximum absolute atomic E-state index is 13.6. The van der Waals surface area contributed by atoms with Crippen LogP contribution in [0.5, 0.6) is 11.5 Å². The number of hydrogen-bond acceptors (Lipinski definition) is 5. The summed E-state index contributed by atoms with van der Waals surface area (Å²) >= 11 is 0. The van der Waals surface area contributed by atoms with Gasteiger partial charge in [-0.2, -0.15) is 0 Å². The fourth-order valence-corrected chi connectivity index (χ4v) is 4.51. The Morgan fingerprint density at radius 2 is 1.75 bits per heavy atom. The molecule has 5 rings (SSSR count). The third-order valence-electron chi connectivity index (χ3n) is 6.56. The summed E-state index contributed by atoms with van der Waals surface area (Å²) in [6, 6.07) is 13.5. The van der Waals surface area contributed by atoms with Crippen LogP contribution in [0.2, 0.25) is 0 Å². The summed E-state index contributed by atoms with van der Waals surface area (Å²) in [6.45, 7) is 0.650. The van der Waals surface area contributed by atoms with E-state index in [2.05, 4.69) is 5.32 Å². The van der Waals surface area contributed by atoms with Gasteiger partial charge in [0.1, 0.15) is 0 Å². The average Bonchev–Trinajstić information content (AvgIpc) is 3.55. The Morgan fingerprint density at radius 3 is 2.53 bits per heavy atom. The molecule has 168 valence electrons. The number of nitrogens with zero attached hydrogens (tertiary/aromatic N) is 1. The maximum atomic E-state index is 13.6. The van der Waals surface area contributed by atoms with Gasteiger partial charge in [0, 0.05) is 35.8 Å². The molecule has 2 aromatic rings. The summed E-state index contributed by atoms with van der Waals surface area (Å²) in [5, 5.41) is 3.00. The molecular formula is C25H29N3O4. The van der Waals surface area contributed by atoms with E-state index in [1.165, 1.54) is 0 Å². The van der Waals surface area contributed by atoms with Gasteiger partial charge in [-0.25, -0.2) is 0 Å². The Labute approximate surface area is 187 Å². The molecule has 1 heterocycles. The van der Waals surface area contributed by atoms with E-state index in [-0.39, 0.29) is 36.6 Å². The van der Waals surface area contributed by atoms with Gasteiger partial charge in [-0.05, 0) is 74.4 Å². The van der Waals surface area contributed by atoms with E-state index in [0.717, 1.165) is 49.8 Å². The molecule has 2 fully saturated rings. The van der Waals surface area contributed by atoms with E-state index in [1.807, 2.05) is 29.2 Å². The second kappa shape index (κ2) is 8.82. The number of rotatable bonds is 6. The summed E-state index contributed by atoms with van der Waals surface area (Å²) < 4.78 is 10.9. The number of nitrogens with two attached hydrogens (primary N) is 1. The van der Waals surface area contributed by atoms with Gasteiger partial charge < -0.3 is 25.4 Å². The van der Waals surface area contributed by atoms with Crippen LogP contribution < -0.4 is 20.5 Å². The summed E-state index contributed by atoms with van der Waals surface area (Å²) in [7, 11) is 0. The van der Waals surface area contributed by atoms with E-state index < -0.39 is 0 Å². The highest BCUT2D eigenvalue weighted by molar-refractivity contribution is 5.95. The van der Waals surface area contributed by atoms with Gasteiger partial charge in [0.2, 0.25) is 12.7 Å². The van der Waals surface area contributed by atoms with Crippen LogP contribution in [-0.4, -0.2) is 35.6 Å². The summed E-state index contributed by atoms with van der Waals surface area (Å²) in [6.07, 6.45) is 5.52. The summed E-state index contributed by atoms with van der Waals surface area (Å²) in [4.78, 5) is 27.7. The molecule has 2 aromatic carbocycles. The fraction of sp³-hybridized carbons (Fsp3) is 0.440. The van der Waals surface area contributed by atoms with E-state index in [9.17, 15) is 9.59 Å². The van der Waals surface area contributed by atoms with E-state index in [1.54, 1.807) is 18.2 Å². The minimum Gasteiger partial charge on any atom is -0.454 e. The van der Waals surface area contributed by atoms with Crippen LogP contribution in [0, 0.1) is 5.92 Å². The smallest absolute Gasteiger partial charge is 0.254 e. The van der Waals surface area contributed by atoms with Crippen LogP contribution in [0.15, 0.2) is 42.5 Å². The maximum Gasteiger partial charge on any atom is 0.254 e. The highest BCUT2D eigenvalue weighted by atomic mass is 16.7. The Kier molecular flexibility index (Phi) is 5.74. The molecule has 0 bridgehead atoms. The molecule has 0 radical (unpaired) electrons. The van der Waals surface area contributed by atoms with Crippen LogP contribution in [-0.2, 0) is 11.3 Å². The average molecular weight is 436 g/mol. The Balaban J connectivity index is 1.37. The van der Waals surface area contributed by atoms with Crippen molar-refractivity contribution in [3.8, 4) is 11.5 Å². The molecule has 1 aliphatic heterocycles. The Morgan fingerprint density at radius 1 is 0.969 bits per heavy atom. The summed E-state index contributed by atoms with van der Waals surface area (Å²) in [5.41, 5.74) is 8.47. The number of hydrogen-bond donors (Lipinski definition) is 2. The van der Waals surface area contributed by atoms with Crippen LogP contribution in [0.3, 0.4) is 0 Å². The number of benzene rings is 2. The Bertz CT molecular complexity index is 1010. The first-order chi connectivity index (χ1) is 15.6. The molecule has 2 saturated carbocycles. The number of nitrogens with one attached hydrogen (secondary N) is 1. The van der Waals surface area contributed by atoms with Crippen molar-refractivity contribution in [2.45, 2.75) is 57.2 Å². The predicted octanol–water partition coefficient (Wildman–Crippen LogP) is 3.68. The molecule has 3 aliphatic rings. The minimum atomic E-state index is -0.0313. The zero-order valence-electron chi connectivity index (χ0n) is 18.1. The van der Waals surface area contributed by atoms with Crippen molar-refractivity contribution >= 4 is 17.5 Å². The number of anilines is 1. The normalized spacial score (nSPS) is 21.8. The first-order valence-corrected chi connectivity index (χ1v) is 11.4. The minimum absolute atomic E-state index is 0.0313. The van der Waals surface area contributed by atoms with Crippen LogP contribution in [0.25, 0.3) is 0 Å². The van der Waals surface area contributed by atoms with Gasteiger partial charge in [-0.1, -0.05) is 12.1 Å². The zero-order valence-corrected chi connectivity index (χ0v) is 18.1. The van der Waals surface area contributed by atoms with Gasteiger partial charge in [0.05, 0.1) is 0 Å². The van der Waals surface area contributed by atoms with Gasteiger partial charge in [0.15, 0.2) is 11.5 Å². The van der Waals surface area contributed by atoms with Gasteiger partial charge in [-0.3, -0.25) is 9.59 Å². The van der Waals surface area contributed by atoms with E-state index in [0.29, 0.717) is 23.6 Å². The van der Waals surface area contributed by atoms with Crippen molar-refractivity contribution in [1.82, 2.24) is 4.90 Å². The van der Waals surface area contributed by atoms with Crippen molar-refractivity contribution in [1.29, 1.82) is 0 Å². The number of fused-ring (bicyclic) bond motifs is 1. The Hall–Kier alpha value is -3.06. The molecule has 0 spiro atoms. The lowest BCUT2D eigenvalue weighted by molar-refractivity contribution is -0.117. The van der Waals surface area contributed by atoms with Gasteiger partial charge >= 0.3 is 0 Å². The molecule has 7 heteroatoms. The van der Waals surface area contributed by atoms with Crippen LogP contribution in [0.1, 0.15) is 54.4 Å². The lowest BCUT2D eigenvalue weighted by Crippen LogP contribution is -2.43. The molecule has 0 saturated heterocycles. The number of carbonyl (C=O) groups is 2. The van der Waals surface area contributed by atoms with Gasteiger partial charge in [-0.15, -0.1) is 0 Å². The molecular weight excluding hydrogens is 406 g/mol. The highest BCUT2D eigenvalue weighted by Gasteiger charge is 2.31. The van der Waals surface area contributed by atoms with E-state index in [4.69, 9.17) is 15.2 Å². The van der Waals surface area contributed by atoms with Crippen molar-refractivity contribution in [3.63, 3.8) is 0 Å². The lowest BCUT2D eigenvalue weighted by atomic mass is 9.90. The topological polar surface area (TPSA) is 93.9 Å². The second-order valence-electron chi connectivity index (χ2n) is 9.03. The molecule has 2 aliphatic carbocycles. The van der Waals surface area contributed by atoms with Crippen molar-refractivity contribution in [2.75, 3.05) is 12.1 Å². The second-order valence-corrected chi connectivity index (χ2v) is 9.03. The standard InChI is InChI=1S/C25H29N3O4/c26-19-7-9-21(10-8-19)28(25(30)18-6-11-22-23(13-18)32-15-31-22)14-16-2-1-3-20(12-16)27-24(29)17-4-5-17/h1-3,6,11-13,17,19,21H,4-5,7-10,14-15,26H2,(H,27,29). The third-order valence-corrected chi connectivity index (χ3v) is 6.56. The third kappa shape index (κ3) is 4.58. The van der Waals surface area contributed by atoms with Crippen LogP contribution in [0.4, 0.5) is 5.69 Å². The number of amides is 2. The van der Waals surface area contributed by atoms with Crippen molar-refractivity contribution < 1.29 is 19.1 Å². The molecule has 3 N–H and O–H groups in total. The molecule has 7 nitrogen and oxygen atoms in total. The molecule has 0 unspecified atom stereocenters. The van der Waals surface area contributed by atoms with Crippen molar-refractivity contribution in [3.05, 3.63) is 53.6 Å². The highest BCUT2D eigenvalue weighted by Crippen LogP contribution is 2.34. The van der Waals surface area contributed by atoms with Gasteiger partial charge in [0.25, 0.3) is 5.91 Å². The molecule has 0 aromatic heterocycles. The van der Waals surface area contributed by atoms with E-state index >= 15 is 0 Å². The largest absolute Gasteiger partial charge is 0.454 e. The number of carbonyl (C=O) groups excluding carboxylic acids is 2. The molecule has 2 amide bonds. The van der Waals surface area contributed by atoms with Crippen molar-refractivity contribution in [2.24, 2.45) is 11.7 Å². The monoisotopic (exact) mass is 435 g/mol. The first kappa shape index (κ1) is 20.8. The lowest BCUT2D eigenvalue weighted by Gasteiger charge is -2.36. The molecule has 32 heavy (non-hydrogen) atoms. The first-order valence-electron chi connectivity index (χ1n) is 11.4. The summed E-state index contributed by atoms with van der Waals surface area (Å²) in [5.74, 6) is 1.46. The quantitative estimate of drug-likeness (QED) is 0.722. The SMILES string of the molecule is NC1CCC(N(Cc2cccc(NC(=O)C3CC3)c2)C(=O)c2ccc3c(c2)OCO3)CC1. The number of ether oxygens (including phenoxy) is 2. The zero-order chi connectivity index (χ0) is 22.1. The predicted molar refractivity (Wildman–Crippen MR) is 120 cm³/mol.